The average molecular weight is 195 g/mol. The molecule has 0 fully saturated rings. The molecular formula is C7H4ClF3N. The monoisotopic (exact) mass is 194 g/mol. The van der Waals surface area contributed by atoms with E-state index in [1.54, 1.807) is 0 Å². The van der Waals surface area contributed by atoms with Crippen LogP contribution in [0.1, 0.15) is 11.1 Å². The lowest BCUT2D eigenvalue weighted by Crippen LogP contribution is -2.08. The quantitative estimate of drug-likeness (QED) is 0.619. The molecule has 0 aliphatic carbocycles. The van der Waals surface area contributed by atoms with Gasteiger partial charge in [-0.15, -0.1) is 0 Å². The minimum Gasteiger partial charge on any atom is -0.252 e. The lowest BCUT2D eigenvalue weighted by Gasteiger charge is -2.09. The van der Waals surface area contributed by atoms with Gasteiger partial charge >= 0.3 is 6.18 Å². The summed E-state index contributed by atoms with van der Waals surface area (Å²) in [5.74, 6) is 0. The van der Waals surface area contributed by atoms with E-state index >= 15 is 0 Å². The lowest BCUT2D eigenvalue weighted by molar-refractivity contribution is -0.138. The van der Waals surface area contributed by atoms with Gasteiger partial charge < -0.3 is 0 Å². The zero-order valence-electron chi connectivity index (χ0n) is 6.04. The van der Waals surface area contributed by atoms with Crippen molar-refractivity contribution in [3.8, 4) is 0 Å². The topological polar surface area (TPSA) is 12.9 Å². The molecule has 12 heavy (non-hydrogen) atoms. The van der Waals surface area contributed by atoms with Crippen LogP contribution < -0.4 is 0 Å². The van der Waals surface area contributed by atoms with Gasteiger partial charge in [-0.25, -0.2) is 0 Å². The fraction of sp³-hybridized carbons (Fsp3) is 0.286. The highest BCUT2D eigenvalue weighted by molar-refractivity contribution is 6.31. The molecule has 0 aliphatic rings. The van der Waals surface area contributed by atoms with E-state index in [0.29, 0.717) is 6.20 Å². The molecule has 0 amide bonds. The van der Waals surface area contributed by atoms with Crippen LogP contribution in [0.15, 0.2) is 6.20 Å². The summed E-state index contributed by atoms with van der Waals surface area (Å²) in [5.41, 5.74) is -0.856. The maximum atomic E-state index is 12.1. The third-order valence-electron chi connectivity index (χ3n) is 1.40. The molecule has 1 heterocycles. The molecular weight excluding hydrogens is 191 g/mol. The van der Waals surface area contributed by atoms with E-state index in [2.05, 4.69) is 11.2 Å². The Morgan fingerprint density at radius 2 is 2.08 bits per heavy atom. The predicted molar refractivity (Wildman–Crippen MR) is 37.8 cm³/mol. The number of rotatable bonds is 0. The fourth-order valence-corrected chi connectivity index (χ4v) is 0.889. The van der Waals surface area contributed by atoms with E-state index < -0.39 is 11.7 Å². The van der Waals surface area contributed by atoms with Crippen LogP contribution in [-0.4, -0.2) is 4.98 Å². The van der Waals surface area contributed by atoms with Crippen molar-refractivity contribution in [2.24, 2.45) is 0 Å². The van der Waals surface area contributed by atoms with Crippen LogP contribution >= 0.6 is 11.6 Å². The summed E-state index contributed by atoms with van der Waals surface area (Å²) in [6.07, 6.45) is -1.46. The molecule has 5 heteroatoms. The Balaban J connectivity index is 3.26. The number of halogens is 4. The normalized spacial score (nSPS) is 11.8. The van der Waals surface area contributed by atoms with Crippen LogP contribution in [-0.2, 0) is 6.18 Å². The Kier molecular flexibility index (Phi) is 2.28. The van der Waals surface area contributed by atoms with Gasteiger partial charge in [0.05, 0.1) is 10.6 Å². The van der Waals surface area contributed by atoms with Crippen molar-refractivity contribution >= 4 is 11.6 Å². The highest BCUT2D eigenvalue weighted by atomic mass is 35.5. The van der Waals surface area contributed by atoms with Crippen molar-refractivity contribution in [1.82, 2.24) is 4.98 Å². The molecule has 0 unspecified atom stereocenters. The van der Waals surface area contributed by atoms with Crippen LogP contribution in [0.25, 0.3) is 0 Å². The molecule has 1 rings (SSSR count). The van der Waals surface area contributed by atoms with Gasteiger partial charge in [0, 0.05) is 6.20 Å². The lowest BCUT2D eigenvalue weighted by atomic mass is 10.1. The van der Waals surface area contributed by atoms with E-state index in [1.807, 2.05) is 0 Å². The van der Waals surface area contributed by atoms with Crippen molar-refractivity contribution in [3.63, 3.8) is 0 Å². The second-order valence-electron chi connectivity index (χ2n) is 2.22. The first-order chi connectivity index (χ1) is 5.43. The molecule has 0 aromatic carbocycles. The first-order valence-electron chi connectivity index (χ1n) is 3.03. The minimum absolute atomic E-state index is 0.0424. The molecule has 0 spiro atoms. The van der Waals surface area contributed by atoms with Crippen molar-refractivity contribution in [2.75, 3.05) is 0 Å². The molecule has 1 radical (unpaired) electrons. The number of hydrogen-bond donors (Lipinski definition) is 0. The second-order valence-corrected chi connectivity index (χ2v) is 2.60. The highest BCUT2D eigenvalue weighted by Gasteiger charge is 2.33. The molecule has 65 valence electrons. The van der Waals surface area contributed by atoms with E-state index in [1.165, 1.54) is 6.92 Å². The Morgan fingerprint density at radius 1 is 1.50 bits per heavy atom. The molecule has 0 N–H and O–H groups in total. The maximum absolute atomic E-state index is 12.1. The molecule has 1 aromatic rings. The van der Waals surface area contributed by atoms with Gasteiger partial charge in [0.1, 0.15) is 6.20 Å². The van der Waals surface area contributed by atoms with Crippen molar-refractivity contribution in [1.29, 1.82) is 0 Å². The second kappa shape index (κ2) is 2.94. The van der Waals surface area contributed by atoms with Gasteiger partial charge in [-0.2, -0.15) is 13.2 Å². The molecule has 0 saturated heterocycles. The zero-order valence-corrected chi connectivity index (χ0v) is 6.79. The summed E-state index contributed by atoms with van der Waals surface area (Å²) in [7, 11) is 0. The van der Waals surface area contributed by atoms with Gasteiger partial charge in [-0.05, 0) is 12.5 Å². The molecule has 1 aromatic heterocycles. The largest absolute Gasteiger partial charge is 0.418 e. The molecule has 0 saturated carbocycles. The molecule has 1 nitrogen and oxygen atoms in total. The molecule has 0 atom stereocenters. The predicted octanol–water partition coefficient (Wildman–Crippen LogP) is 2.86. The van der Waals surface area contributed by atoms with Gasteiger partial charge in [0.15, 0.2) is 0 Å². The molecule has 0 aliphatic heterocycles. The van der Waals surface area contributed by atoms with Crippen molar-refractivity contribution < 1.29 is 13.2 Å². The van der Waals surface area contributed by atoms with Crippen molar-refractivity contribution in [2.45, 2.75) is 13.1 Å². The van der Waals surface area contributed by atoms with Crippen LogP contribution in [0.4, 0.5) is 13.2 Å². The van der Waals surface area contributed by atoms with Gasteiger partial charge in [-0.3, -0.25) is 4.98 Å². The summed E-state index contributed by atoms with van der Waals surface area (Å²) in [5, 5.41) is -0.0928. The Hall–Kier alpha value is -0.770. The Morgan fingerprint density at radius 3 is 2.50 bits per heavy atom. The third-order valence-corrected chi connectivity index (χ3v) is 1.76. The molecule has 0 bridgehead atoms. The van der Waals surface area contributed by atoms with E-state index in [0.717, 1.165) is 0 Å². The van der Waals surface area contributed by atoms with E-state index in [-0.39, 0.29) is 10.6 Å². The summed E-state index contributed by atoms with van der Waals surface area (Å²) >= 11 is 5.40. The van der Waals surface area contributed by atoms with Crippen LogP contribution in [0.2, 0.25) is 5.02 Å². The first kappa shape index (κ1) is 9.32. The summed E-state index contributed by atoms with van der Waals surface area (Å²) < 4.78 is 36.3. The Labute approximate surface area is 72.2 Å². The fourth-order valence-electron chi connectivity index (χ4n) is 0.738. The SMILES string of the molecule is Cc1c(Cl)[c]ncc1C(F)(F)F. The summed E-state index contributed by atoms with van der Waals surface area (Å²) in [4.78, 5) is 3.23. The van der Waals surface area contributed by atoms with Gasteiger partial charge in [0.25, 0.3) is 0 Å². The van der Waals surface area contributed by atoms with Crippen LogP contribution in [0.5, 0.6) is 0 Å². The number of aromatic nitrogens is 1. The summed E-state index contributed by atoms with van der Waals surface area (Å²) in [6, 6.07) is 0. The third kappa shape index (κ3) is 1.69. The number of alkyl halides is 3. The maximum Gasteiger partial charge on any atom is 0.418 e. The summed E-state index contributed by atoms with van der Waals surface area (Å²) in [6.45, 7) is 1.28. The highest BCUT2D eigenvalue weighted by Crippen LogP contribution is 2.33. The van der Waals surface area contributed by atoms with Crippen molar-refractivity contribution in [3.05, 3.63) is 28.5 Å². The average Bonchev–Trinajstić information content (AvgIpc) is 1.92. The van der Waals surface area contributed by atoms with Gasteiger partial charge in [0.2, 0.25) is 0 Å². The number of hydrogen-bond acceptors (Lipinski definition) is 1. The van der Waals surface area contributed by atoms with Crippen LogP contribution in [0, 0.1) is 13.1 Å². The zero-order chi connectivity index (χ0) is 9.35. The smallest absolute Gasteiger partial charge is 0.252 e. The van der Waals surface area contributed by atoms with Gasteiger partial charge in [-0.1, -0.05) is 11.6 Å². The van der Waals surface area contributed by atoms with Crippen LogP contribution in [0.3, 0.4) is 0 Å². The number of pyridine rings is 1. The van der Waals surface area contributed by atoms with E-state index in [4.69, 9.17) is 11.6 Å². The minimum atomic E-state index is -4.39. The van der Waals surface area contributed by atoms with E-state index in [9.17, 15) is 13.2 Å². The standard InChI is InChI=1S/C7H4ClF3N/c1-4-5(7(9,10)11)2-12-3-6(4)8/h2H,1H3. The number of nitrogens with zero attached hydrogens (tertiary/aromatic N) is 1. The Bertz CT molecular complexity index is 295. The first-order valence-corrected chi connectivity index (χ1v) is 3.40.